The van der Waals surface area contributed by atoms with E-state index >= 15 is 0 Å². The van der Waals surface area contributed by atoms with Crippen molar-refractivity contribution in [3.8, 4) is 11.3 Å². The van der Waals surface area contributed by atoms with Crippen molar-refractivity contribution in [1.82, 2.24) is 9.55 Å². The van der Waals surface area contributed by atoms with Gasteiger partial charge in [0.1, 0.15) is 0 Å². The fourth-order valence-electron chi connectivity index (χ4n) is 3.86. The van der Waals surface area contributed by atoms with E-state index in [1.807, 2.05) is 24.4 Å². The number of halogens is 1. The third-order valence-electron chi connectivity index (χ3n) is 5.21. The van der Waals surface area contributed by atoms with Crippen LogP contribution >= 0.6 is 23.4 Å². The molecule has 6 heteroatoms. The van der Waals surface area contributed by atoms with Crippen LogP contribution in [0.25, 0.3) is 11.3 Å². The fraction of sp³-hybridized carbons (Fsp3) is 0.304. The van der Waals surface area contributed by atoms with Crippen molar-refractivity contribution in [2.24, 2.45) is 0 Å². The highest BCUT2D eigenvalue weighted by atomic mass is 35.5. The van der Waals surface area contributed by atoms with E-state index in [0.717, 1.165) is 10.9 Å². The minimum Gasteiger partial charge on any atom is -0.325 e. The zero-order chi connectivity index (χ0) is 20.1. The number of aromatic nitrogens is 2. The van der Waals surface area contributed by atoms with Crippen LogP contribution in [-0.4, -0.2) is 21.2 Å². The third-order valence-corrected chi connectivity index (χ3v) is 6.41. The Morgan fingerprint density at radius 3 is 2.66 bits per heavy atom. The minimum atomic E-state index is -0.0586. The van der Waals surface area contributed by atoms with Gasteiger partial charge in [-0.1, -0.05) is 79.0 Å². The van der Waals surface area contributed by atoms with Crippen LogP contribution in [0.2, 0.25) is 5.02 Å². The molecule has 0 atom stereocenters. The summed E-state index contributed by atoms with van der Waals surface area (Å²) in [6.45, 7) is 0. The number of hydrogen-bond acceptors (Lipinski definition) is 3. The van der Waals surface area contributed by atoms with Crippen LogP contribution in [0, 0.1) is 0 Å². The summed E-state index contributed by atoms with van der Waals surface area (Å²) >= 11 is 7.49. The van der Waals surface area contributed by atoms with Gasteiger partial charge in [0.15, 0.2) is 5.16 Å². The molecule has 1 heterocycles. The van der Waals surface area contributed by atoms with E-state index < -0.39 is 0 Å². The van der Waals surface area contributed by atoms with Crippen molar-refractivity contribution in [2.45, 2.75) is 43.3 Å². The molecular weight excluding hydrogens is 402 g/mol. The molecule has 3 aromatic rings. The van der Waals surface area contributed by atoms with Gasteiger partial charge in [0.05, 0.1) is 17.6 Å². The van der Waals surface area contributed by atoms with Crippen LogP contribution in [0.5, 0.6) is 0 Å². The second-order valence-corrected chi connectivity index (χ2v) is 8.68. The lowest BCUT2D eigenvalue weighted by molar-refractivity contribution is -0.113. The maximum absolute atomic E-state index is 12.4. The molecule has 0 bridgehead atoms. The molecule has 29 heavy (non-hydrogen) atoms. The number of nitrogens with zero attached hydrogens (tertiary/aromatic N) is 2. The zero-order valence-electron chi connectivity index (χ0n) is 16.2. The highest BCUT2D eigenvalue weighted by Gasteiger charge is 2.23. The molecule has 150 valence electrons. The van der Waals surface area contributed by atoms with Crippen LogP contribution in [0.1, 0.15) is 38.1 Å². The normalized spacial score (nSPS) is 14.7. The summed E-state index contributed by atoms with van der Waals surface area (Å²) < 4.78 is 2.35. The Balaban J connectivity index is 1.52. The van der Waals surface area contributed by atoms with Crippen LogP contribution in [0.3, 0.4) is 0 Å². The van der Waals surface area contributed by atoms with E-state index in [1.165, 1.54) is 49.4 Å². The molecule has 1 aliphatic carbocycles. The summed E-state index contributed by atoms with van der Waals surface area (Å²) in [5.74, 6) is 0.251. The molecule has 1 N–H and O–H groups in total. The number of thioether (sulfide) groups is 1. The Morgan fingerprint density at radius 1 is 1.10 bits per heavy atom. The van der Waals surface area contributed by atoms with Gasteiger partial charge in [-0.05, 0) is 36.6 Å². The van der Waals surface area contributed by atoms with E-state index in [-0.39, 0.29) is 5.91 Å². The predicted molar refractivity (Wildman–Crippen MR) is 121 cm³/mol. The Bertz CT molecular complexity index is 967. The van der Waals surface area contributed by atoms with Crippen LogP contribution in [0.4, 0.5) is 5.69 Å². The highest BCUT2D eigenvalue weighted by Crippen LogP contribution is 2.36. The molecule has 0 unspecified atom stereocenters. The minimum absolute atomic E-state index is 0.0586. The van der Waals surface area contributed by atoms with E-state index in [0.29, 0.717) is 22.5 Å². The van der Waals surface area contributed by atoms with Gasteiger partial charge in [0.25, 0.3) is 0 Å². The van der Waals surface area contributed by atoms with Gasteiger partial charge in [-0.25, -0.2) is 4.98 Å². The second-order valence-electron chi connectivity index (χ2n) is 7.30. The molecule has 0 aliphatic heterocycles. The summed E-state index contributed by atoms with van der Waals surface area (Å²) in [6, 6.07) is 18.0. The molecule has 1 aliphatic rings. The monoisotopic (exact) mass is 425 g/mol. The van der Waals surface area contributed by atoms with Gasteiger partial charge in [-0.2, -0.15) is 0 Å². The van der Waals surface area contributed by atoms with Gasteiger partial charge in [-0.3, -0.25) is 4.79 Å². The van der Waals surface area contributed by atoms with Gasteiger partial charge < -0.3 is 9.88 Å². The van der Waals surface area contributed by atoms with Crippen molar-refractivity contribution < 1.29 is 4.79 Å². The van der Waals surface area contributed by atoms with Gasteiger partial charge >= 0.3 is 0 Å². The number of imidazole rings is 1. The maximum Gasteiger partial charge on any atom is 0.234 e. The number of nitrogens with one attached hydrogen (secondary N) is 1. The smallest absolute Gasteiger partial charge is 0.234 e. The molecule has 0 radical (unpaired) electrons. The quantitative estimate of drug-likeness (QED) is 0.462. The Labute approximate surface area is 180 Å². The van der Waals surface area contributed by atoms with E-state index in [4.69, 9.17) is 11.6 Å². The average molecular weight is 426 g/mol. The number of hydrogen-bond donors (Lipinski definition) is 1. The molecule has 2 aromatic carbocycles. The van der Waals surface area contributed by atoms with E-state index in [1.54, 1.807) is 12.1 Å². The first-order valence-electron chi connectivity index (χ1n) is 10.0. The SMILES string of the molecule is O=C(CSc1ncc(-c2ccccc2)n1C1CCCCC1)Nc1cccc(Cl)c1. The maximum atomic E-state index is 12.4. The van der Waals surface area contributed by atoms with Crippen LogP contribution in [0.15, 0.2) is 66.0 Å². The number of amides is 1. The topological polar surface area (TPSA) is 46.9 Å². The zero-order valence-corrected chi connectivity index (χ0v) is 17.8. The number of benzene rings is 2. The first-order valence-corrected chi connectivity index (χ1v) is 11.4. The number of anilines is 1. The number of carbonyl (C=O) groups excluding carboxylic acids is 1. The van der Waals surface area contributed by atoms with Crippen LogP contribution < -0.4 is 5.32 Å². The van der Waals surface area contributed by atoms with Crippen molar-refractivity contribution in [2.75, 3.05) is 11.1 Å². The first-order chi connectivity index (χ1) is 14.2. The first kappa shape index (κ1) is 20.0. The fourth-order valence-corrected chi connectivity index (χ4v) is 4.90. The average Bonchev–Trinajstić information content (AvgIpc) is 3.17. The highest BCUT2D eigenvalue weighted by molar-refractivity contribution is 7.99. The molecule has 1 amide bonds. The molecular formula is C23H24ClN3OS. The molecule has 1 saturated carbocycles. The Morgan fingerprint density at radius 2 is 1.90 bits per heavy atom. The molecule has 4 rings (SSSR count). The van der Waals surface area contributed by atoms with Crippen molar-refractivity contribution >= 4 is 35.0 Å². The molecule has 1 aromatic heterocycles. The standard InChI is InChI=1S/C23H24ClN3OS/c24-18-10-7-11-19(14-18)26-22(28)16-29-23-25-15-21(17-8-3-1-4-9-17)27(23)20-12-5-2-6-13-20/h1,3-4,7-11,14-15,20H,2,5-6,12-13,16H2,(H,26,28). The van der Waals surface area contributed by atoms with Gasteiger partial charge in [0.2, 0.25) is 5.91 Å². The summed E-state index contributed by atoms with van der Waals surface area (Å²) in [7, 11) is 0. The van der Waals surface area contributed by atoms with Crippen LogP contribution in [-0.2, 0) is 4.79 Å². The lowest BCUT2D eigenvalue weighted by atomic mass is 9.95. The van der Waals surface area contributed by atoms with E-state index in [2.05, 4.69) is 39.1 Å². The Kier molecular flexibility index (Phi) is 6.57. The number of rotatable bonds is 6. The largest absolute Gasteiger partial charge is 0.325 e. The van der Waals surface area contributed by atoms with Crippen molar-refractivity contribution in [3.63, 3.8) is 0 Å². The predicted octanol–water partition coefficient (Wildman–Crippen LogP) is 6.44. The Hall–Kier alpha value is -2.24. The molecule has 0 saturated heterocycles. The lowest BCUT2D eigenvalue weighted by Crippen LogP contribution is -2.17. The lowest BCUT2D eigenvalue weighted by Gasteiger charge is -2.26. The molecule has 1 fully saturated rings. The van der Waals surface area contributed by atoms with Crippen molar-refractivity contribution in [1.29, 1.82) is 0 Å². The third kappa shape index (κ3) is 5.03. The molecule has 4 nitrogen and oxygen atoms in total. The van der Waals surface area contributed by atoms with Gasteiger partial charge in [0, 0.05) is 16.8 Å². The summed E-state index contributed by atoms with van der Waals surface area (Å²) in [6.07, 6.45) is 8.07. The van der Waals surface area contributed by atoms with Crippen molar-refractivity contribution in [3.05, 3.63) is 65.8 Å². The molecule has 0 spiro atoms. The summed E-state index contributed by atoms with van der Waals surface area (Å²) in [5, 5.41) is 4.43. The summed E-state index contributed by atoms with van der Waals surface area (Å²) in [4.78, 5) is 17.1. The summed E-state index contributed by atoms with van der Waals surface area (Å²) in [5.41, 5.74) is 3.01. The van der Waals surface area contributed by atoms with Gasteiger partial charge in [-0.15, -0.1) is 0 Å². The number of carbonyl (C=O) groups is 1. The van der Waals surface area contributed by atoms with E-state index in [9.17, 15) is 4.79 Å². The second kappa shape index (κ2) is 9.51.